The number of thioether (sulfide) groups is 1. The van der Waals surface area contributed by atoms with E-state index in [2.05, 4.69) is 20.8 Å². The highest BCUT2D eigenvalue weighted by atomic mass is 35.5. The summed E-state index contributed by atoms with van der Waals surface area (Å²) in [4.78, 5) is 23.3. The van der Waals surface area contributed by atoms with Gasteiger partial charge >= 0.3 is 0 Å². The number of benzene rings is 2. The molecule has 3 rings (SSSR count). The number of hydrogen-bond acceptors (Lipinski definition) is 6. The van der Waals surface area contributed by atoms with Gasteiger partial charge < -0.3 is 16.5 Å². The minimum atomic E-state index is -0.239. The molecule has 2 amide bonds. The number of rotatable bonds is 6. The predicted octanol–water partition coefficient (Wildman–Crippen LogP) is 3.00. The predicted molar refractivity (Wildman–Crippen MR) is 111 cm³/mol. The van der Waals surface area contributed by atoms with Crippen molar-refractivity contribution in [2.75, 3.05) is 22.2 Å². The van der Waals surface area contributed by atoms with Crippen LogP contribution in [0.4, 0.5) is 11.4 Å². The average molecular weight is 417 g/mol. The molecule has 0 aliphatic heterocycles. The van der Waals surface area contributed by atoms with Crippen molar-refractivity contribution in [2.45, 2.75) is 12.1 Å². The molecular weight excluding hydrogens is 400 g/mol. The second-order valence-electron chi connectivity index (χ2n) is 5.79. The molecule has 0 bridgehead atoms. The molecule has 0 radical (unpaired) electrons. The van der Waals surface area contributed by atoms with Gasteiger partial charge in [0.1, 0.15) is 0 Å². The van der Waals surface area contributed by atoms with E-state index in [4.69, 9.17) is 17.4 Å². The first-order valence-corrected chi connectivity index (χ1v) is 9.55. The number of nitrogens with two attached hydrogens (primary N) is 1. The Morgan fingerprint density at radius 1 is 1.11 bits per heavy atom. The van der Waals surface area contributed by atoms with Crippen LogP contribution in [0.2, 0.25) is 5.02 Å². The molecule has 10 heteroatoms. The van der Waals surface area contributed by atoms with Gasteiger partial charge in [0.25, 0.3) is 0 Å². The largest absolute Gasteiger partial charge is 0.335 e. The van der Waals surface area contributed by atoms with Crippen molar-refractivity contribution in [3.8, 4) is 11.4 Å². The lowest BCUT2D eigenvalue weighted by Crippen LogP contribution is -2.16. The van der Waals surface area contributed by atoms with Crippen LogP contribution in [0.25, 0.3) is 11.4 Å². The molecule has 1 aromatic heterocycles. The lowest BCUT2D eigenvalue weighted by atomic mass is 10.2. The first-order valence-electron chi connectivity index (χ1n) is 8.19. The molecule has 3 aromatic rings. The highest BCUT2D eigenvalue weighted by Crippen LogP contribution is 2.24. The van der Waals surface area contributed by atoms with E-state index in [1.54, 1.807) is 42.5 Å². The maximum absolute atomic E-state index is 12.2. The molecule has 0 aliphatic carbocycles. The third kappa shape index (κ3) is 5.02. The van der Waals surface area contributed by atoms with Gasteiger partial charge in [0.05, 0.1) is 5.75 Å². The fourth-order valence-electron chi connectivity index (χ4n) is 2.41. The normalized spacial score (nSPS) is 10.5. The number of amides is 2. The minimum absolute atomic E-state index is 0.0925. The van der Waals surface area contributed by atoms with E-state index in [-0.39, 0.29) is 17.6 Å². The summed E-state index contributed by atoms with van der Waals surface area (Å²) in [6, 6.07) is 14.0. The molecule has 4 N–H and O–H groups in total. The molecule has 28 heavy (non-hydrogen) atoms. The fraction of sp³-hybridized carbons (Fsp3) is 0.111. The van der Waals surface area contributed by atoms with E-state index in [0.29, 0.717) is 27.4 Å². The van der Waals surface area contributed by atoms with Crippen molar-refractivity contribution >= 4 is 46.6 Å². The molecule has 0 saturated carbocycles. The van der Waals surface area contributed by atoms with E-state index in [1.165, 1.54) is 11.6 Å². The fourth-order valence-corrected chi connectivity index (χ4v) is 3.25. The Hall–Kier alpha value is -3.04. The minimum Gasteiger partial charge on any atom is -0.335 e. The van der Waals surface area contributed by atoms with Crippen LogP contribution in [-0.4, -0.2) is 32.4 Å². The molecule has 0 unspecified atom stereocenters. The number of hydrogen-bond donors (Lipinski definition) is 3. The number of halogens is 1. The molecule has 0 atom stereocenters. The Morgan fingerprint density at radius 2 is 1.82 bits per heavy atom. The summed E-state index contributed by atoms with van der Waals surface area (Å²) in [6.07, 6.45) is 0. The Kier molecular flexibility index (Phi) is 6.17. The van der Waals surface area contributed by atoms with Crippen LogP contribution in [0.5, 0.6) is 0 Å². The van der Waals surface area contributed by atoms with Gasteiger partial charge in [-0.3, -0.25) is 9.59 Å². The van der Waals surface area contributed by atoms with Crippen molar-refractivity contribution < 1.29 is 9.59 Å². The van der Waals surface area contributed by atoms with Crippen LogP contribution in [0, 0.1) is 0 Å². The summed E-state index contributed by atoms with van der Waals surface area (Å²) in [6.45, 7) is 1.42. The third-order valence-electron chi connectivity index (χ3n) is 3.55. The number of nitrogen functional groups attached to an aromatic ring is 1. The number of nitrogens with one attached hydrogen (secondary N) is 2. The number of aromatic nitrogens is 3. The van der Waals surface area contributed by atoms with Gasteiger partial charge in [-0.15, -0.1) is 10.2 Å². The zero-order valence-electron chi connectivity index (χ0n) is 14.8. The average Bonchev–Trinajstić information content (AvgIpc) is 3.00. The van der Waals surface area contributed by atoms with E-state index in [9.17, 15) is 9.59 Å². The van der Waals surface area contributed by atoms with Crippen molar-refractivity contribution in [1.29, 1.82) is 0 Å². The second kappa shape index (κ2) is 8.77. The van der Waals surface area contributed by atoms with Crippen LogP contribution in [-0.2, 0) is 9.59 Å². The van der Waals surface area contributed by atoms with Crippen molar-refractivity contribution in [2.24, 2.45) is 0 Å². The third-order valence-corrected chi connectivity index (χ3v) is 4.72. The van der Waals surface area contributed by atoms with Crippen LogP contribution >= 0.6 is 23.4 Å². The topological polar surface area (TPSA) is 115 Å². The number of nitrogens with zero attached hydrogens (tertiary/aromatic N) is 3. The van der Waals surface area contributed by atoms with Gasteiger partial charge in [-0.1, -0.05) is 41.6 Å². The number of anilines is 2. The van der Waals surface area contributed by atoms with E-state index in [1.807, 2.05) is 6.07 Å². The summed E-state index contributed by atoms with van der Waals surface area (Å²) in [7, 11) is 0. The lowest BCUT2D eigenvalue weighted by molar-refractivity contribution is -0.114. The summed E-state index contributed by atoms with van der Waals surface area (Å²) in [5.74, 6) is 6.17. The van der Waals surface area contributed by atoms with E-state index >= 15 is 0 Å². The summed E-state index contributed by atoms with van der Waals surface area (Å²) in [5.41, 5.74) is 1.91. The summed E-state index contributed by atoms with van der Waals surface area (Å²) >= 11 is 7.15. The van der Waals surface area contributed by atoms with Gasteiger partial charge in [0.15, 0.2) is 5.82 Å². The SMILES string of the molecule is CC(=O)Nc1cccc(NC(=O)CSc2nnc(-c3cccc(Cl)c3)n2N)c1. The Balaban J connectivity index is 1.62. The van der Waals surface area contributed by atoms with Gasteiger partial charge in [-0.05, 0) is 30.3 Å². The van der Waals surface area contributed by atoms with Crippen LogP contribution in [0.3, 0.4) is 0 Å². The van der Waals surface area contributed by atoms with Crippen molar-refractivity contribution in [1.82, 2.24) is 14.9 Å². The van der Waals surface area contributed by atoms with Crippen LogP contribution in [0.1, 0.15) is 6.92 Å². The Bertz CT molecular complexity index is 1020. The standard InChI is InChI=1S/C18H17ClN6O2S/c1-11(26)21-14-6-3-7-15(9-14)22-16(27)10-28-18-24-23-17(25(18)20)12-4-2-5-13(19)8-12/h2-9H,10,20H2,1H3,(H,21,26)(H,22,27). The molecule has 1 heterocycles. The van der Waals surface area contributed by atoms with Gasteiger partial charge in [0.2, 0.25) is 17.0 Å². The Morgan fingerprint density at radius 3 is 2.54 bits per heavy atom. The highest BCUT2D eigenvalue weighted by molar-refractivity contribution is 7.99. The smallest absolute Gasteiger partial charge is 0.234 e. The van der Waals surface area contributed by atoms with Gasteiger partial charge in [-0.25, -0.2) is 4.68 Å². The van der Waals surface area contributed by atoms with E-state index in [0.717, 1.165) is 17.3 Å². The first-order chi connectivity index (χ1) is 13.4. The Labute approximate surface area is 170 Å². The van der Waals surface area contributed by atoms with Crippen molar-refractivity contribution in [3.05, 3.63) is 53.6 Å². The quantitative estimate of drug-likeness (QED) is 0.420. The number of carbonyl (C=O) groups is 2. The molecule has 0 saturated heterocycles. The monoisotopic (exact) mass is 416 g/mol. The highest BCUT2D eigenvalue weighted by Gasteiger charge is 2.14. The van der Waals surface area contributed by atoms with Gasteiger partial charge in [0, 0.05) is 28.9 Å². The maximum atomic E-state index is 12.2. The zero-order valence-corrected chi connectivity index (χ0v) is 16.4. The molecule has 144 valence electrons. The zero-order chi connectivity index (χ0) is 20.1. The van der Waals surface area contributed by atoms with Crippen LogP contribution < -0.4 is 16.5 Å². The second-order valence-corrected chi connectivity index (χ2v) is 7.16. The first kappa shape index (κ1) is 19.7. The molecule has 2 aromatic carbocycles. The molecule has 8 nitrogen and oxygen atoms in total. The van der Waals surface area contributed by atoms with E-state index < -0.39 is 0 Å². The lowest BCUT2D eigenvalue weighted by Gasteiger charge is -2.08. The van der Waals surface area contributed by atoms with Gasteiger partial charge in [-0.2, -0.15) is 0 Å². The maximum Gasteiger partial charge on any atom is 0.234 e. The van der Waals surface area contributed by atoms with Crippen molar-refractivity contribution in [3.63, 3.8) is 0 Å². The summed E-state index contributed by atoms with van der Waals surface area (Å²) in [5, 5.41) is 14.5. The number of carbonyl (C=O) groups excluding carboxylic acids is 2. The molecule has 0 aliphatic rings. The molecular formula is C18H17ClN6O2S. The van der Waals surface area contributed by atoms with Crippen LogP contribution in [0.15, 0.2) is 53.7 Å². The molecule has 0 fully saturated rings. The molecule has 0 spiro atoms. The summed E-state index contributed by atoms with van der Waals surface area (Å²) < 4.78 is 1.32.